The van der Waals surface area contributed by atoms with Crippen LogP contribution in [0.5, 0.6) is 11.5 Å². The van der Waals surface area contributed by atoms with E-state index in [1.165, 1.54) is 5.56 Å². The van der Waals surface area contributed by atoms with Crippen LogP contribution in [0.4, 0.5) is 0 Å². The van der Waals surface area contributed by atoms with Crippen molar-refractivity contribution in [3.63, 3.8) is 0 Å². The van der Waals surface area contributed by atoms with Gasteiger partial charge >= 0.3 is 0 Å². The Morgan fingerprint density at radius 3 is 2.63 bits per heavy atom. The third-order valence-electron chi connectivity index (χ3n) is 5.29. The first-order valence-corrected chi connectivity index (χ1v) is 9.86. The summed E-state index contributed by atoms with van der Waals surface area (Å²) in [5, 5.41) is 3.18. The smallest absolute Gasteiger partial charge is 0.231 e. The minimum absolute atomic E-state index is 0.0826. The minimum Gasteiger partial charge on any atom is -0.454 e. The number of nitrogens with zero attached hydrogens (tertiary/aromatic N) is 2. The van der Waals surface area contributed by atoms with Gasteiger partial charge in [0.2, 0.25) is 12.7 Å². The predicted molar refractivity (Wildman–Crippen MR) is 106 cm³/mol. The number of fused-ring (bicyclic) bond motifs is 1. The quantitative estimate of drug-likeness (QED) is 0.793. The van der Waals surface area contributed by atoms with Gasteiger partial charge in [-0.25, -0.2) is 0 Å². The van der Waals surface area contributed by atoms with E-state index in [4.69, 9.17) is 9.47 Å². The lowest BCUT2D eigenvalue weighted by Crippen LogP contribution is -2.44. The summed E-state index contributed by atoms with van der Waals surface area (Å²) in [6, 6.07) is 6.14. The van der Waals surface area contributed by atoms with Crippen molar-refractivity contribution in [3.05, 3.63) is 23.8 Å². The second-order valence-electron chi connectivity index (χ2n) is 8.86. The number of hydrogen-bond acceptors (Lipinski definition) is 5. The molecule has 3 rings (SSSR count). The third kappa shape index (κ3) is 5.59. The first kappa shape index (κ1) is 20.0. The number of amides is 1. The van der Waals surface area contributed by atoms with Gasteiger partial charge in [0.05, 0.1) is 0 Å². The topological polar surface area (TPSA) is 54.0 Å². The standard InChI is InChI=1S/C21H33N3O3/c1-21(2,14-23(3)4)13-22-20(25)17-7-9-24(10-8-17)12-16-5-6-18-19(11-16)27-15-26-18/h5-6,11,17H,7-10,12-15H2,1-4H3,(H,22,25). The van der Waals surface area contributed by atoms with Crippen LogP contribution in [0.1, 0.15) is 32.3 Å². The number of rotatable bonds is 7. The van der Waals surface area contributed by atoms with Gasteiger partial charge in [0, 0.05) is 25.6 Å². The molecule has 150 valence electrons. The Morgan fingerprint density at radius 1 is 1.22 bits per heavy atom. The molecule has 0 unspecified atom stereocenters. The Morgan fingerprint density at radius 2 is 1.93 bits per heavy atom. The van der Waals surface area contributed by atoms with E-state index in [0.717, 1.165) is 57.1 Å². The Hall–Kier alpha value is -1.79. The van der Waals surface area contributed by atoms with E-state index in [1.54, 1.807) is 0 Å². The van der Waals surface area contributed by atoms with E-state index in [-0.39, 0.29) is 17.2 Å². The minimum atomic E-state index is 0.0826. The summed E-state index contributed by atoms with van der Waals surface area (Å²) in [7, 11) is 4.14. The van der Waals surface area contributed by atoms with Crippen LogP contribution < -0.4 is 14.8 Å². The highest BCUT2D eigenvalue weighted by molar-refractivity contribution is 5.78. The van der Waals surface area contributed by atoms with Crippen LogP contribution in [0.25, 0.3) is 0 Å². The zero-order chi connectivity index (χ0) is 19.4. The molecule has 1 saturated heterocycles. The number of nitrogens with one attached hydrogen (secondary N) is 1. The number of carbonyl (C=O) groups is 1. The molecule has 2 heterocycles. The predicted octanol–water partition coefficient (Wildman–Crippen LogP) is 2.33. The van der Waals surface area contributed by atoms with Crippen molar-refractivity contribution in [2.24, 2.45) is 11.3 Å². The summed E-state index contributed by atoms with van der Waals surface area (Å²) in [5.74, 6) is 2.01. The molecule has 1 amide bonds. The van der Waals surface area contributed by atoms with Crippen LogP contribution in [-0.2, 0) is 11.3 Å². The van der Waals surface area contributed by atoms with Gasteiger partial charge in [-0.05, 0) is 63.1 Å². The molecular weight excluding hydrogens is 342 g/mol. The zero-order valence-corrected chi connectivity index (χ0v) is 17.1. The first-order valence-electron chi connectivity index (χ1n) is 9.86. The Kier molecular flexibility index (Phi) is 6.27. The molecule has 0 spiro atoms. The van der Waals surface area contributed by atoms with Crippen molar-refractivity contribution >= 4 is 5.91 Å². The largest absolute Gasteiger partial charge is 0.454 e. The molecule has 0 bridgehead atoms. The third-order valence-corrected chi connectivity index (χ3v) is 5.29. The molecule has 0 atom stereocenters. The van der Waals surface area contributed by atoms with Crippen LogP contribution in [0.3, 0.4) is 0 Å². The van der Waals surface area contributed by atoms with Crippen molar-refractivity contribution in [1.29, 1.82) is 0 Å². The summed E-state index contributed by atoms with van der Waals surface area (Å²) < 4.78 is 10.8. The molecular formula is C21H33N3O3. The van der Waals surface area contributed by atoms with Crippen LogP contribution in [-0.4, -0.2) is 62.8 Å². The van der Waals surface area contributed by atoms with E-state index in [0.29, 0.717) is 6.79 Å². The van der Waals surface area contributed by atoms with Crippen LogP contribution in [0, 0.1) is 11.3 Å². The molecule has 0 aliphatic carbocycles. The van der Waals surface area contributed by atoms with E-state index in [1.807, 2.05) is 6.07 Å². The summed E-state index contributed by atoms with van der Waals surface area (Å²) >= 11 is 0. The fourth-order valence-corrected chi connectivity index (χ4v) is 4.03. The molecule has 0 radical (unpaired) electrons. The lowest BCUT2D eigenvalue weighted by molar-refractivity contribution is -0.127. The van der Waals surface area contributed by atoms with Crippen molar-refractivity contribution in [3.8, 4) is 11.5 Å². The van der Waals surface area contributed by atoms with Crippen molar-refractivity contribution in [1.82, 2.24) is 15.1 Å². The van der Waals surface area contributed by atoms with Gasteiger partial charge in [-0.3, -0.25) is 9.69 Å². The van der Waals surface area contributed by atoms with Gasteiger partial charge in [-0.1, -0.05) is 19.9 Å². The summed E-state index contributed by atoms with van der Waals surface area (Å²) in [4.78, 5) is 17.1. The van der Waals surface area contributed by atoms with Gasteiger partial charge in [0.15, 0.2) is 11.5 Å². The SMILES string of the molecule is CN(C)CC(C)(C)CNC(=O)C1CCN(Cc2ccc3c(c2)OCO3)CC1. The molecule has 0 saturated carbocycles. The summed E-state index contributed by atoms with van der Waals surface area (Å²) in [6.07, 6.45) is 1.84. The van der Waals surface area contributed by atoms with Gasteiger partial charge in [-0.15, -0.1) is 0 Å². The van der Waals surface area contributed by atoms with Crippen molar-refractivity contribution < 1.29 is 14.3 Å². The average Bonchev–Trinajstić information content (AvgIpc) is 3.07. The molecule has 2 aliphatic rings. The van der Waals surface area contributed by atoms with Crippen LogP contribution in [0.15, 0.2) is 18.2 Å². The highest BCUT2D eigenvalue weighted by atomic mass is 16.7. The maximum atomic E-state index is 12.5. The van der Waals surface area contributed by atoms with Gasteiger partial charge in [-0.2, -0.15) is 0 Å². The molecule has 6 nitrogen and oxygen atoms in total. The number of hydrogen-bond donors (Lipinski definition) is 1. The van der Waals surface area contributed by atoms with Crippen molar-refractivity contribution in [2.45, 2.75) is 33.2 Å². The lowest BCUT2D eigenvalue weighted by Gasteiger charge is -2.33. The lowest BCUT2D eigenvalue weighted by atomic mass is 9.91. The number of piperidine rings is 1. The average molecular weight is 376 g/mol. The molecule has 1 N–H and O–H groups in total. The Labute approximate surface area is 162 Å². The van der Waals surface area contributed by atoms with E-state index in [9.17, 15) is 4.79 Å². The Bertz CT molecular complexity index is 652. The van der Waals surface area contributed by atoms with E-state index in [2.05, 4.69) is 55.2 Å². The van der Waals surface area contributed by atoms with Crippen LogP contribution >= 0.6 is 0 Å². The van der Waals surface area contributed by atoms with E-state index >= 15 is 0 Å². The first-order chi connectivity index (χ1) is 12.8. The highest BCUT2D eigenvalue weighted by Gasteiger charge is 2.27. The van der Waals surface area contributed by atoms with Crippen LogP contribution in [0.2, 0.25) is 0 Å². The van der Waals surface area contributed by atoms with Gasteiger partial charge in [0.1, 0.15) is 0 Å². The monoisotopic (exact) mass is 375 g/mol. The second-order valence-corrected chi connectivity index (χ2v) is 8.86. The summed E-state index contributed by atoms with van der Waals surface area (Å²) in [6.45, 7) is 9.18. The molecule has 1 fully saturated rings. The zero-order valence-electron chi connectivity index (χ0n) is 17.1. The van der Waals surface area contributed by atoms with Crippen molar-refractivity contribution in [2.75, 3.05) is 47.1 Å². The van der Waals surface area contributed by atoms with E-state index < -0.39 is 0 Å². The number of ether oxygens (including phenoxy) is 2. The number of benzene rings is 1. The normalized spacial score (nSPS) is 18.1. The maximum absolute atomic E-state index is 12.5. The molecule has 1 aromatic rings. The van der Waals surface area contributed by atoms with Gasteiger partial charge in [0.25, 0.3) is 0 Å². The molecule has 0 aromatic heterocycles. The molecule has 1 aromatic carbocycles. The highest BCUT2D eigenvalue weighted by Crippen LogP contribution is 2.33. The fraction of sp³-hybridized carbons (Fsp3) is 0.667. The van der Waals surface area contributed by atoms with Gasteiger partial charge < -0.3 is 19.7 Å². The number of likely N-dealkylation sites (tertiary alicyclic amines) is 1. The maximum Gasteiger partial charge on any atom is 0.231 e. The Balaban J connectivity index is 1.42. The molecule has 6 heteroatoms. The summed E-state index contributed by atoms with van der Waals surface area (Å²) in [5.41, 5.74) is 1.31. The second kappa shape index (κ2) is 8.48. The molecule has 2 aliphatic heterocycles. The number of carbonyl (C=O) groups excluding carboxylic acids is 1. The molecule has 27 heavy (non-hydrogen) atoms. The fourth-order valence-electron chi connectivity index (χ4n) is 4.03.